The Morgan fingerprint density at radius 2 is 1.91 bits per heavy atom. The van der Waals surface area contributed by atoms with Crippen LogP contribution in [0.1, 0.15) is 53.6 Å². The normalized spacial score (nSPS) is 18.1. The zero-order chi connectivity index (χ0) is 23.8. The lowest BCUT2D eigenvalue weighted by Crippen LogP contribution is -2.39. The number of benzene rings is 2. The molecule has 0 bridgehead atoms. The first-order valence-corrected chi connectivity index (χ1v) is 11.7. The summed E-state index contributed by atoms with van der Waals surface area (Å²) in [4.78, 5) is 37.8. The maximum Gasteiger partial charge on any atom is 0.410 e. The highest BCUT2D eigenvalue weighted by Crippen LogP contribution is 2.31. The molecule has 1 aromatic heterocycles. The molecule has 0 saturated carbocycles. The summed E-state index contributed by atoms with van der Waals surface area (Å²) >= 11 is 0. The quantitative estimate of drug-likeness (QED) is 0.604. The molecule has 1 saturated heterocycles. The Labute approximate surface area is 197 Å². The Morgan fingerprint density at radius 3 is 2.71 bits per heavy atom. The number of aromatic nitrogens is 2. The van der Waals surface area contributed by atoms with Crippen molar-refractivity contribution in [3.05, 3.63) is 64.3 Å². The van der Waals surface area contributed by atoms with Crippen LogP contribution in [0.25, 0.3) is 10.9 Å². The fourth-order valence-electron chi connectivity index (χ4n) is 4.98. The summed E-state index contributed by atoms with van der Waals surface area (Å²) in [6.45, 7) is 3.45. The second-order valence-electron chi connectivity index (χ2n) is 9.01. The van der Waals surface area contributed by atoms with Crippen LogP contribution in [0.4, 0.5) is 4.79 Å². The molecule has 176 valence electrons. The summed E-state index contributed by atoms with van der Waals surface area (Å²) in [6.07, 6.45) is 2.14. The number of rotatable bonds is 4. The zero-order valence-corrected chi connectivity index (χ0v) is 19.5. The number of hydrogen-bond acceptors (Lipinski definition) is 5. The molecule has 0 aliphatic carbocycles. The summed E-state index contributed by atoms with van der Waals surface area (Å²) < 4.78 is 6.98. The van der Waals surface area contributed by atoms with E-state index in [1.165, 1.54) is 16.7 Å². The molecule has 8 nitrogen and oxygen atoms in total. The Balaban J connectivity index is 1.37. The average Bonchev–Trinajstić information content (AvgIpc) is 3.14. The topological polar surface area (TPSA) is 93.5 Å². The molecule has 34 heavy (non-hydrogen) atoms. The summed E-state index contributed by atoms with van der Waals surface area (Å²) in [5.74, 6) is -0.902. The molecule has 2 aliphatic heterocycles. The minimum atomic E-state index is -0.407. The van der Waals surface area contributed by atoms with Crippen LogP contribution < -0.4 is 5.32 Å². The highest BCUT2D eigenvalue weighted by Gasteiger charge is 2.31. The smallest absolute Gasteiger partial charge is 0.410 e. The van der Waals surface area contributed by atoms with Crippen molar-refractivity contribution in [2.45, 2.75) is 45.1 Å². The fourth-order valence-corrected chi connectivity index (χ4v) is 4.98. The maximum atomic E-state index is 12.4. The Kier molecular flexibility index (Phi) is 5.81. The van der Waals surface area contributed by atoms with Crippen molar-refractivity contribution in [2.24, 2.45) is 7.05 Å². The van der Waals surface area contributed by atoms with E-state index in [1.807, 2.05) is 24.7 Å². The van der Waals surface area contributed by atoms with Crippen LogP contribution in [0.3, 0.4) is 0 Å². The van der Waals surface area contributed by atoms with Gasteiger partial charge in [-0.3, -0.25) is 19.6 Å². The number of nitrogens with zero attached hydrogens (tertiary/aromatic N) is 3. The van der Waals surface area contributed by atoms with Gasteiger partial charge in [0.2, 0.25) is 11.8 Å². The first-order chi connectivity index (χ1) is 16.4. The van der Waals surface area contributed by atoms with Crippen LogP contribution in [0.15, 0.2) is 36.4 Å². The van der Waals surface area contributed by atoms with Gasteiger partial charge in [-0.05, 0) is 54.5 Å². The summed E-state index contributed by atoms with van der Waals surface area (Å²) in [5.41, 5.74) is 6.45. The second kappa shape index (κ2) is 8.93. The molecule has 2 aliphatic rings. The molecule has 1 unspecified atom stereocenters. The molecule has 3 heterocycles. The van der Waals surface area contributed by atoms with Crippen LogP contribution in [-0.2, 0) is 40.8 Å². The minimum Gasteiger partial charge on any atom is -0.450 e. The molecule has 0 radical (unpaired) electrons. The lowest BCUT2D eigenvalue weighted by molar-refractivity contribution is -0.134. The van der Waals surface area contributed by atoms with Gasteiger partial charge in [-0.1, -0.05) is 30.3 Å². The van der Waals surface area contributed by atoms with Gasteiger partial charge in [0, 0.05) is 31.9 Å². The van der Waals surface area contributed by atoms with Crippen molar-refractivity contribution < 1.29 is 19.1 Å². The third kappa shape index (κ3) is 4.16. The number of hydrogen-bond donors (Lipinski definition) is 1. The van der Waals surface area contributed by atoms with E-state index in [4.69, 9.17) is 4.74 Å². The molecule has 3 aromatic rings. The van der Waals surface area contributed by atoms with E-state index in [2.05, 4.69) is 40.7 Å². The molecule has 1 atom stereocenters. The predicted molar refractivity (Wildman–Crippen MR) is 126 cm³/mol. The Morgan fingerprint density at radius 1 is 1.12 bits per heavy atom. The van der Waals surface area contributed by atoms with Crippen LogP contribution >= 0.6 is 0 Å². The van der Waals surface area contributed by atoms with Gasteiger partial charge in [0.1, 0.15) is 0 Å². The number of piperidine rings is 1. The molecule has 1 fully saturated rings. The fraction of sp³-hybridized carbons (Fsp3) is 0.385. The van der Waals surface area contributed by atoms with Gasteiger partial charge in [-0.15, -0.1) is 0 Å². The van der Waals surface area contributed by atoms with Crippen LogP contribution in [0.5, 0.6) is 0 Å². The highest BCUT2D eigenvalue weighted by atomic mass is 16.6. The van der Waals surface area contributed by atoms with E-state index < -0.39 is 5.92 Å². The van der Waals surface area contributed by atoms with Crippen LogP contribution in [0, 0.1) is 0 Å². The first-order valence-electron chi connectivity index (χ1n) is 11.7. The molecular weight excluding hydrogens is 432 g/mol. The van der Waals surface area contributed by atoms with Crippen molar-refractivity contribution in [3.63, 3.8) is 0 Å². The number of carbonyl (C=O) groups is 3. The summed E-state index contributed by atoms with van der Waals surface area (Å²) in [5, 5.41) is 8.00. The lowest BCUT2D eigenvalue weighted by atomic mass is 9.92. The SMILES string of the molecule is CCOC(=O)N1CCc2ccc(Cc3ccc4c(C5CCC(=O)NC5=O)nn(C)c4c3)cc2C1. The van der Waals surface area contributed by atoms with Crippen molar-refractivity contribution in [2.75, 3.05) is 13.2 Å². The van der Waals surface area contributed by atoms with E-state index in [-0.39, 0.29) is 17.9 Å². The second-order valence-corrected chi connectivity index (χ2v) is 9.01. The monoisotopic (exact) mass is 460 g/mol. The molecular formula is C26H28N4O4. The van der Waals surface area contributed by atoms with Crippen molar-refractivity contribution in [1.82, 2.24) is 20.0 Å². The van der Waals surface area contributed by atoms with Gasteiger partial charge >= 0.3 is 6.09 Å². The molecule has 0 spiro atoms. The number of nitrogens with one attached hydrogen (secondary N) is 1. The largest absolute Gasteiger partial charge is 0.450 e. The number of aryl methyl sites for hydroxylation is 1. The number of ether oxygens (including phenoxy) is 1. The van der Waals surface area contributed by atoms with Crippen molar-refractivity contribution in [1.29, 1.82) is 0 Å². The van der Waals surface area contributed by atoms with Gasteiger partial charge in [0.05, 0.1) is 23.7 Å². The first kappa shape index (κ1) is 22.1. The van der Waals surface area contributed by atoms with Crippen molar-refractivity contribution >= 4 is 28.8 Å². The standard InChI is InChI=1S/C26H28N4O4/c1-3-34-26(33)30-11-10-18-6-4-16(13-19(18)15-30)12-17-5-7-20-22(14-17)29(2)28-24(20)21-8-9-23(31)27-25(21)32/h4-7,13-14,21H,3,8-12,15H2,1-2H3,(H,27,31,32). The molecule has 8 heteroatoms. The van der Waals surface area contributed by atoms with E-state index >= 15 is 0 Å². The highest BCUT2D eigenvalue weighted by molar-refractivity contribution is 6.02. The van der Waals surface area contributed by atoms with Gasteiger partial charge in [0.15, 0.2) is 0 Å². The predicted octanol–water partition coefficient (Wildman–Crippen LogP) is 3.20. The molecule has 2 aromatic carbocycles. The van der Waals surface area contributed by atoms with Gasteiger partial charge in [-0.25, -0.2) is 4.79 Å². The van der Waals surface area contributed by atoms with Crippen molar-refractivity contribution in [3.8, 4) is 0 Å². The molecule has 5 rings (SSSR count). The van der Waals surface area contributed by atoms with E-state index in [0.717, 1.165) is 35.0 Å². The Hall–Kier alpha value is -3.68. The third-order valence-corrected chi connectivity index (χ3v) is 6.73. The number of amides is 3. The van der Waals surface area contributed by atoms with Crippen LogP contribution in [0.2, 0.25) is 0 Å². The summed E-state index contributed by atoms with van der Waals surface area (Å²) in [6, 6.07) is 12.7. The van der Waals surface area contributed by atoms with Crippen LogP contribution in [-0.4, -0.2) is 45.7 Å². The van der Waals surface area contributed by atoms with Gasteiger partial charge < -0.3 is 9.64 Å². The number of fused-ring (bicyclic) bond motifs is 2. The number of imide groups is 1. The van der Waals surface area contributed by atoms with E-state index in [9.17, 15) is 14.4 Å². The average molecular weight is 461 g/mol. The van der Waals surface area contributed by atoms with E-state index in [0.29, 0.717) is 32.5 Å². The molecule has 3 amide bonds. The third-order valence-electron chi connectivity index (χ3n) is 6.73. The summed E-state index contributed by atoms with van der Waals surface area (Å²) in [7, 11) is 1.88. The zero-order valence-electron chi connectivity index (χ0n) is 19.5. The minimum absolute atomic E-state index is 0.223. The Bertz CT molecular complexity index is 1300. The maximum absolute atomic E-state index is 12.4. The van der Waals surface area contributed by atoms with E-state index in [1.54, 1.807) is 4.90 Å². The molecule has 1 N–H and O–H groups in total. The van der Waals surface area contributed by atoms with Gasteiger partial charge in [0.25, 0.3) is 0 Å². The number of carbonyl (C=O) groups excluding carboxylic acids is 3. The lowest BCUT2D eigenvalue weighted by Gasteiger charge is -2.28. The van der Waals surface area contributed by atoms with Gasteiger partial charge in [-0.2, -0.15) is 5.10 Å².